The quantitative estimate of drug-likeness (QED) is 0.702. The number of nitrogens with one attached hydrogen (secondary N) is 1. The molecule has 1 N–H and O–H groups in total. The van der Waals surface area contributed by atoms with Gasteiger partial charge in [-0.3, -0.25) is 14.7 Å². The van der Waals surface area contributed by atoms with Crippen LogP contribution in [0.2, 0.25) is 0 Å². The number of carbonyl (C=O) groups is 1. The van der Waals surface area contributed by atoms with E-state index in [9.17, 15) is 4.79 Å². The van der Waals surface area contributed by atoms with Crippen molar-refractivity contribution in [1.29, 1.82) is 0 Å². The van der Waals surface area contributed by atoms with Crippen molar-refractivity contribution < 1.29 is 4.79 Å². The van der Waals surface area contributed by atoms with E-state index in [0.717, 1.165) is 49.0 Å². The third kappa shape index (κ3) is 3.75. The van der Waals surface area contributed by atoms with Gasteiger partial charge in [-0.15, -0.1) is 0 Å². The number of aromatic nitrogens is 1. The zero-order valence-corrected chi connectivity index (χ0v) is 17.1. The predicted octanol–water partition coefficient (Wildman–Crippen LogP) is 4.18. The second kappa shape index (κ2) is 8.41. The number of benzene rings is 2. The van der Waals surface area contributed by atoms with Crippen molar-refractivity contribution in [2.45, 2.75) is 31.3 Å². The number of piperidine rings is 3. The first-order valence-corrected chi connectivity index (χ1v) is 10.9. The lowest BCUT2D eigenvalue weighted by Crippen LogP contribution is -2.64. The second-order valence-corrected chi connectivity index (χ2v) is 8.42. The molecule has 6 rings (SSSR count). The summed E-state index contributed by atoms with van der Waals surface area (Å²) in [6, 6.07) is 22.7. The number of pyridine rings is 1. The lowest BCUT2D eigenvalue weighted by atomic mass is 9.76. The summed E-state index contributed by atoms with van der Waals surface area (Å²) in [4.78, 5) is 20.3. The molecule has 3 fully saturated rings. The van der Waals surface area contributed by atoms with Gasteiger partial charge in [0.25, 0.3) is 5.91 Å². The molecule has 4 nitrogen and oxygen atoms in total. The van der Waals surface area contributed by atoms with E-state index in [1.165, 1.54) is 5.56 Å². The third-order valence-electron chi connectivity index (χ3n) is 6.69. The van der Waals surface area contributed by atoms with Crippen molar-refractivity contribution in [2.24, 2.45) is 5.92 Å². The summed E-state index contributed by atoms with van der Waals surface area (Å²) < 4.78 is 0. The van der Waals surface area contributed by atoms with E-state index in [1.807, 2.05) is 60.9 Å². The molecule has 4 heteroatoms. The van der Waals surface area contributed by atoms with Crippen molar-refractivity contribution in [1.82, 2.24) is 15.2 Å². The summed E-state index contributed by atoms with van der Waals surface area (Å²) in [6.07, 6.45) is 7.02. The van der Waals surface area contributed by atoms with Crippen LogP contribution in [0.4, 0.5) is 0 Å². The molecule has 0 saturated carbocycles. The molecule has 1 amide bonds. The summed E-state index contributed by atoms with van der Waals surface area (Å²) in [5.41, 5.74) is 4.05. The molecule has 0 radical (unpaired) electrons. The molecule has 30 heavy (non-hydrogen) atoms. The molecule has 0 spiro atoms. The van der Waals surface area contributed by atoms with Crippen LogP contribution in [0.1, 0.15) is 28.8 Å². The minimum absolute atomic E-state index is 0.0318. The Bertz CT molecular complexity index is 997. The molecule has 3 aliphatic heterocycles. The molecule has 0 aliphatic carbocycles. The van der Waals surface area contributed by atoms with Crippen LogP contribution in [0.25, 0.3) is 11.1 Å². The van der Waals surface area contributed by atoms with Crippen LogP contribution in [0.3, 0.4) is 0 Å². The second-order valence-electron chi connectivity index (χ2n) is 8.42. The molecule has 2 unspecified atom stereocenters. The first-order valence-electron chi connectivity index (χ1n) is 10.9. The minimum atomic E-state index is 0.0318. The smallest absolute Gasteiger partial charge is 0.252 e. The molecule has 2 aromatic carbocycles. The Morgan fingerprint density at radius 1 is 0.967 bits per heavy atom. The van der Waals surface area contributed by atoms with E-state index in [2.05, 4.69) is 33.4 Å². The highest BCUT2D eigenvalue weighted by Gasteiger charge is 2.42. The van der Waals surface area contributed by atoms with E-state index in [0.29, 0.717) is 12.0 Å². The zero-order chi connectivity index (χ0) is 20.3. The minimum Gasteiger partial charge on any atom is -0.347 e. The summed E-state index contributed by atoms with van der Waals surface area (Å²) in [5.74, 6) is 0.578. The van der Waals surface area contributed by atoms with Crippen LogP contribution in [-0.2, 0) is 6.42 Å². The molecule has 2 atom stereocenters. The fourth-order valence-electron chi connectivity index (χ4n) is 5.16. The van der Waals surface area contributed by atoms with Crippen molar-refractivity contribution in [3.8, 4) is 11.1 Å². The van der Waals surface area contributed by atoms with Gasteiger partial charge in [-0.25, -0.2) is 0 Å². The lowest BCUT2D eigenvalue weighted by molar-refractivity contribution is 0.0136. The monoisotopic (exact) mass is 397 g/mol. The van der Waals surface area contributed by atoms with E-state index in [1.54, 1.807) is 0 Å². The Hall–Kier alpha value is -2.98. The standard InChI is InChI=1S/C26H27N3O/c30-26(23-11-5-4-10-22(23)20-8-2-1-3-9-20)28-25-21-12-15-29(16-13-21)24(25)17-19-7-6-14-27-18-19/h1-11,14,18,21,24-25H,12-13,15-17H2,(H,28,30). The average molecular weight is 398 g/mol. The van der Waals surface area contributed by atoms with Gasteiger partial charge in [-0.2, -0.15) is 0 Å². The van der Waals surface area contributed by atoms with Gasteiger partial charge >= 0.3 is 0 Å². The van der Waals surface area contributed by atoms with E-state index in [4.69, 9.17) is 0 Å². The Morgan fingerprint density at radius 3 is 2.50 bits per heavy atom. The third-order valence-corrected chi connectivity index (χ3v) is 6.69. The first kappa shape index (κ1) is 19.0. The van der Waals surface area contributed by atoms with Crippen LogP contribution in [0.5, 0.6) is 0 Å². The molecular weight excluding hydrogens is 370 g/mol. The van der Waals surface area contributed by atoms with Gasteiger partial charge in [-0.1, -0.05) is 54.6 Å². The van der Waals surface area contributed by atoms with Crippen LogP contribution < -0.4 is 5.32 Å². The Morgan fingerprint density at radius 2 is 1.73 bits per heavy atom. The molecule has 152 valence electrons. The topological polar surface area (TPSA) is 45.2 Å². The molecule has 4 heterocycles. The van der Waals surface area contributed by atoms with E-state index in [-0.39, 0.29) is 11.9 Å². The van der Waals surface area contributed by atoms with Crippen molar-refractivity contribution in [2.75, 3.05) is 13.1 Å². The maximum Gasteiger partial charge on any atom is 0.252 e. The lowest BCUT2D eigenvalue weighted by Gasteiger charge is -2.51. The number of rotatable bonds is 5. The Labute approximate surface area is 178 Å². The number of hydrogen-bond donors (Lipinski definition) is 1. The van der Waals surface area contributed by atoms with Crippen LogP contribution in [0.15, 0.2) is 79.1 Å². The van der Waals surface area contributed by atoms with Crippen LogP contribution >= 0.6 is 0 Å². The number of nitrogens with zero attached hydrogens (tertiary/aromatic N) is 2. The molecule has 3 aromatic rings. The summed E-state index contributed by atoms with van der Waals surface area (Å²) >= 11 is 0. The van der Waals surface area contributed by atoms with Gasteiger partial charge in [-0.05, 0) is 67.1 Å². The van der Waals surface area contributed by atoms with E-state index < -0.39 is 0 Å². The summed E-state index contributed by atoms with van der Waals surface area (Å²) in [5, 5.41) is 3.45. The van der Waals surface area contributed by atoms with Gasteiger partial charge in [0.15, 0.2) is 0 Å². The Balaban J connectivity index is 1.41. The molecule has 3 aliphatic rings. The highest BCUT2D eigenvalue weighted by atomic mass is 16.1. The highest BCUT2D eigenvalue weighted by molar-refractivity contribution is 6.01. The number of amides is 1. The fraction of sp³-hybridized carbons (Fsp3) is 0.308. The number of fused-ring (bicyclic) bond motifs is 3. The van der Waals surface area contributed by atoms with Crippen molar-refractivity contribution >= 4 is 5.91 Å². The van der Waals surface area contributed by atoms with Gasteiger partial charge in [0.2, 0.25) is 0 Å². The summed E-state index contributed by atoms with van der Waals surface area (Å²) in [6.45, 7) is 2.26. The maximum absolute atomic E-state index is 13.4. The SMILES string of the molecule is O=C(NC1C2CCN(CC2)C1Cc1cccnc1)c1ccccc1-c1ccccc1. The van der Waals surface area contributed by atoms with Gasteiger partial charge in [0, 0.05) is 30.0 Å². The van der Waals surface area contributed by atoms with E-state index >= 15 is 0 Å². The highest BCUT2D eigenvalue weighted by Crippen LogP contribution is 2.34. The number of hydrogen-bond acceptors (Lipinski definition) is 3. The summed E-state index contributed by atoms with van der Waals surface area (Å²) in [7, 11) is 0. The molecule has 3 saturated heterocycles. The molecular formula is C26H27N3O. The van der Waals surface area contributed by atoms with Crippen LogP contribution in [0, 0.1) is 5.92 Å². The van der Waals surface area contributed by atoms with Gasteiger partial charge < -0.3 is 5.32 Å². The van der Waals surface area contributed by atoms with Crippen molar-refractivity contribution in [3.05, 3.63) is 90.3 Å². The first-order chi connectivity index (χ1) is 14.8. The van der Waals surface area contributed by atoms with Gasteiger partial charge in [0.05, 0.1) is 0 Å². The van der Waals surface area contributed by atoms with Gasteiger partial charge in [0.1, 0.15) is 0 Å². The average Bonchev–Trinajstić information content (AvgIpc) is 2.82. The van der Waals surface area contributed by atoms with Crippen molar-refractivity contribution in [3.63, 3.8) is 0 Å². The van der Waals surface area contributed by atoms with Crippen LogP contribution in [-0.4, -0.2) is 41.0 Å². The predicted molar refractivity (Wildman–Crippen MR) is 119 cm³/mol. The number of carbonyl (C=O) groups excluding carboxylic acids is 1. The zero-order valence-electron chi connectivity index (χ0n) is 17.1. The Kier molecular flexibility index (Phi) is 5.33. The molecule has 1 aromatic heterocycles. The normalized spacial score (nSPS) is 25.1. The largest absolute Gasteiger partial charge is 0.347 e. The molecule has 2 bridgehead atoms. The fourth-order valence-corrected chi connectivity index (χ4v) is 5.16. The maximum atomic E-state index is 13.4.